The molecule has 1 saturated heterocycles. The smallest absolute Gasteiger partial charge is 0.407 e. The second-order valence-corrected chi connectivity index (χ2v) is 10.2. The number of amides is 2. The van der Waals surface area contributed by atoms with Crippen LogP contribution in [0.3, 0.4) is 0 Å². The predicted octanol–water partition coefficient (Wildman–Crippen LogP) is 5.34. The van der Waals surface area contributed by atoms with Crippen molar-refractivity contribution in [3.8, 4) is 11.4 Å². The van der Waals surface area contributed by atoms with Crippen molar-refractivity contribution in [3.05, 3.63) is 71.4 Å². The highest BCUT2D eigenvalue weighted by atomic mass is 19.1. The fraction of sp³-hybridized carbons (Fsp3) is 0.407. The molecule has 2 amide bonds. The molecule has 11 heteroatoms. The lowest BCUT2D eigenvalue weighted by Gasteiger charge is -2.27. The summed E-state index contributed by atoms with van der Waals surface area (Å²) in [5.41, 5.74) is -0.292. The second-order valence-electron chi connectivity index (χ2n) is 10.2. The Labute approximate surface area is 218 Å². The molecule has 0 spiro atoms. The van der Waals surface area contributed by atoms with Crippen molar-refractivity contribution in [1.29, 1.82) is 0 Å². The van der Waals surface area contributed by atoms with Gasteiger partial charge in [-0.25, -0.2) is 18.0 Å². The Bertz CT molecular complexity index is 1290. The number of carbonyl (C=O) groups excluding carboxylic acids is 2. The van der Waals surface area contributed by atoms with Gasteiger partial charge in [0.1, 0.15) is 29.1 Å². The van der Waals surface area contributed by atoms with E-state index in [0.29, 0.717) is 24.9 Å². The highest BCUT2D eigenvalue weighted by Crippen LogP contribution is 2.33. The van der Waals surface area contributed by atoms with Crippen LogP contribution in [0.25, 0.3) is 11.4 Å². The van der Waals surface area contributed by atoms with Crippen molar-refractivity contribution < 1.29 is 32.0 Å². The van der Waals surface area contributed by atoms with E-state index in [-0.39, 0.29) is 36.0 Å². The van der Waals surface area contributed by atoms with Crippen molar-refractivity contribution in [2.45, 2.75) is 64.1 Å². The predicted molar refractivity (Wildman–Crippen MR) is 131 cm³/mol. The van der Waals surface area contributed by atoms with E-state index in [1.54, 1.807) is 43.9 Å². The number of hydrogen-bond donors (Lipinski definition) is 1. The SMILES string of the molecule is CC(C)(C)OC(=O)NC(CC(=O)N1CCCC1c1nc(-c2cc(F)cc(F)c2)no1)Cc1ccccc1F. The van der Waals surface area contributed by atoms with Gasteiger partial charge in [0.15, 0.2) is 0 Å². The number of halogens is 3. The van der Waals surface area contributed by atoms with Gasteiger partial charge in [-0.2, -0.15) is 4.98 Å². The molecule has 1 aromatic heterocycles. The Balaban J connectivity index is 1.50. The summed E-state index contributed by atoms with van der Waals surface area (Å²) in [7, 11) is 0. The van der Waals surface area contributed by atoms with Crippen molar-refractivity contribution in [3.63, 3.8) is 0 Å². The molecule has 1 N–H and O–H groups in total. The fourth-order valence-electron chi connectivity index (χ4n) is 4.40. The van der Waals surface area contributed by atoms with Gasteiger partial charge >= 0.3 is 6.09 Å². The maximum atomic E-state index is 14.4. The Morgan fingerprint density at radius 2 is 1.87 bits per heavy atom. The van der Waals surface area contributed by atoms with Crippen LogP contribution >= 0.6 is 0 Å². The number of carbonyl (C=O) groups is 2. The van der Waals surface area contributed by atoms with E-state index >= 15 is 0 Å². The molecule has 38 heavy (non-hydrogen) atoms. The first kappa shape index (κ1) is 27.2. The molecular weight excluding hydrogens is 501 g/mol. The van der Waals surface area contributed by atoms with Gasteiger partial charge in [0.2, 0.25) is 17.6 Å². The van der Waals surface area contributed by atoms with Gasteiger partial charge in [0, 0.05) is 30.6 Å². The molecule has 202 valence electrons. The maximum Gasteiger partial charge on any atom is 0.407 e. The summed E-state index contributed by atoms with van der Waals surface area (Å²) in [6.45, 7) is 5.56. The van der Waals surface area contributed by atoms with Crippen LogP contribution in [0, 0.1) is 17.5 Å². The molecule has 8 nitrogen and oxygen atoms in total. The van der Waals surface area contributed by atoms with Crippen molar-refractivity contribution in [1.82, 2.24) is 20.4 Å². The number of nitrogens with one attached hydrogen (secondary N) is 1. The van der Waals surface area contributed by atoms with Crippen molar-refractivity contribution >= 4 is 12.0 Å². The van der Waals surface area contributed by atoms with E-state index in [0.717, 1.165) is 18.2 Å². The Kier molecular flexibility index (Phi) is 8.03. The molecule has 1 aliphatic heterocycles. The largest absolute Gasteiger partial charge is 0.444 e. The molecule has 2 unspecified atom stereocenters. The van der Waals surface area contributed by atoms with E-state index in [9.17, 15) is 22.8 Å². The molecule has 1 fully saturated rings. The number of benzene rings is 2. The number of aromatic nitrogens is 2. The second kappa shape index (κ2) is 11.2. The summed E-state index contributed by atoms with van der Waals surface area (Å²) in [6.07, 6.45) is 0.447. The van der Waals surface area contributed by atoms with Crippen LogP contribution in [0.2, 0.25) is 0 Å². The minimum absolute atomic E-state index is 0.00159. The monoisotopic (exact) mass is 530 g/mol. The molecule has 0 radical (unpaired) electrons. The van der Waals surface area contributed by atoms with Crippen LogP contribution < -0.4 is 5.32 Å². The van der Waals surface area contributed by atoms with Crippen LogP contribution in [-0.2, 0) is 16.0 Å². The third-order valence-corrected chi connectivity index (χ3v) is 5.99. The minimum atomic E-state index is -0.776. The van der Waals surface area contributed by atoms with Gasteiger partial charge in [-0.05, 0) is 63.8 Å². The third kappa shape index (κ3) is 6.90. The van der Waals surface area contributed by atoms with Gasteiger partial charge < -0.3 is 19.5 Å². The van der Waals surface area contributed by atoms with Gasteiger partial charge in [0.05, 0.1) is 0 Å². The first-order valence-electron chi connectivity index (χ1n) is 12.3. The molecular formula is C27H29F3N4O4. The summed E-state index contributed by atoms with van der Waals surface area (Å²) < 4.78 is 52.3. The molecule has 0 bridgehead atoms. The number of likely N-dealkylation sites (tertiary alicyclic amines) is 1. The topological polar surface area (TPSA) is 97.6 Å². The van der Waals surface area contributed by atoms with Crippen molar-refractivity contribution in [2.24, 2.45) is 0 Å². The zero-order valence-electron chi connectivity index (χ0n) is 21.3. The Morgan fingerprint density at radius 1 is 1.16 bits per heavy atom. The van der Waals surface area contributed by atoms with Gasteiger partial charge in [-0.1, -0.05) is 23.4 Å². The van der Waals surface area contributed by atoms with E-state index in [2.05, 4.69) is 15.5 Å². The fourth-order valence-corrected chi connectivity index (χ4v) is 4.40. The molecule has 2 atom stereocenters. The number of alkyl carbamates (subject to hydrolysis) is 1. The van der Waals surface area contributed by atoms with Gasteiger partial charge in [-0.3, -0.25) is 4.79 Å². The van der Waals surface area contributed by atoms with Gasteiger partial charge in [-0.15, -0.1) is 0 Å². The average Bonchev–Trinajstić information content (AvgIpc) is 3.48. The zero-order valence-corrected chi connectivity index (χ0v) is 21.3. The highest BCUT2D eigenvalue weighted by Gasteiger charge is 2.35. The molecule has 2 heterocycles. The molecule has 0 aliphatic carbocycles. The first-order valence-corrected chi connectivity index (χ1v) is 12.3. The lowest BCUT2D eigenvalue weighted by Crippen LogP contribution is -2.44. The summed E-state index contributed by atoms with van der Waals surface area (Å²) >= 11 is 0. The van der Waals surface area contributed by atoms with Crippen LogP contribution in [-0.4, -0.2) is 45.2 Å². The number of nitrogens with zero attached hydrogens (tertiary/aromatic N) is 3. The molecule has 3 aromatic rings. The molecule has 0 saturated carbocycles. The molecule has 2 aromatic carbocycles. The maximum absolute atomic E-state index is 14.4. The average molecular weight is 531 g/mol. The number of rotatable bonds is 7. The van der Waals surface area contributed by atoms with Crippen LogP contribution in [0.15, 0.2) is 47.0 Å². The highest BCUT2D eigenvalue weighted by molar-refractivity contribution is 5.78. The number of ether oxygens (including phenoxy) is 1. The van der Waals surface area contributed by atoms with Gasteiger partial charge in [0.25, 0.3) is 0 Å². The van der Waals surface area contributed by atoms with Crippen LogP contribution in [0.4, 0.5) is 18.0 Å². The van der Waals surface area contributed by atoms with Crippen LogP contribution in [0.5, 0.6) is 0 Å². The summed E-state index contributed by atoms with van der Waals surface area (Å²) in [5, 5.41) is 6.53. The summed E-state index contributed by atoms with van der Waals surface area (Å²) in [6, 6.07) is 7.78. The lowest BCUT2D eigenvalue weighted by molar-refractivity contribution is -0.133. The van der Waals surface area contributed by atoms with E-state index in [1.165, 1.54) is 6.07 Å². The standard InChI is InChI=1S/C27H29F3N4O4/c1-27(2,3)37-26(36)31-20(13-16-7-4-5-8-21(16)30)15-23(35)34-10-6-9-22(34)25-32-24(33-38-25)17-11-18(28)14-19(29)12-17/h4-5,7-8,11-12,14,20,22H,6,9-10,13,15H2,1-3H3,(H,31,36). The Hall–Kier alpha value is -3.89. The molecule has 1 aliphatic rings. The summed E-state index contributed by atoms with van der Waals surface area (Å²) in [5.74, 6) is -2.16. The Morgan fingerprint density at radius 3 is 2.55 bits per heavy atom. The first-order chi connectivity index (χ1) is 18.0. The summed E-state index contributed by atoms with van der Waals surface area (Å²) in [4.78, 5) is 31.7. The van der Waals surface area contributed by atoms with E-state index < -0.39 is 41.2 Å². The van der Waals surface area contributed by atoms with E-state index in [1.807, 2.05) is 0 Å². The van der Waals surface area contributed by atoms with Crippen molar-refractivity contribution in [2.75, 3.05) is 6.54 Å². The lowest BCUT2D eigenvalue weighted by atomic mass is 10.0. The molecule has 4 rings (SSSR count). The quantitative estimate of drug-likeness (QED) is 0.443. The zero-order chi connectivity index (χ0) is 27.4. The minimum Gasteiger partial charge on any atom is -0.444 e. The number of hydrogen-bond acceptors (Lipinski definition) is 6. The normalized spacial score (nSPS) is 16.4. The van der Waals surface area contributed by atoms with Crippen LogP contribution in [0.1, 0.15) is 57.5 Å². The third-order valence-electron chi connectivity index (χ3n) is 5.99. The van der Waals surface area contributed by atoms with E-state index in [4.69, 9.17) is 9.26 Å².